The van der Waals surface area contributed by atoms with Gasteiger partial charge in [0.1, 0.15) is 0 Å². The lowest BCUT2D eigenvalue weighted by atomic mass is 9.95. The Kier molecular flexibility index (Phi) is 5.53. The van der Waals surface area contributed by atoms with E-state index in [1.807, 2.05) is 0 Å². The van der Waals surface area contributed by atoms with Crippen molar-refractivity contribution in [2.24, 2.45) is 0 Å². The zero-order valence-corrected chi connectivity index (χ0v) is 28.2. The second-order valence-electron chi connectivity index (χ2n) is 14.1. The van der Waals surface area contributed by atoms with Crippen LogP contribution in [0.4, 0.5) is 0 Å². The van der Waals surface area contributed by atoms with E-state index in [9.17, 15) is 0 Å². The van der Waals surface area contributed by atoms with Crippen molar-refractivity contribution in [2.45, 2.75) is 0 Å². The van der Waals surface area contributed by atoms with Gasteiger partial charge in [-0.05, 0) is 122 Å². The molecule has 0 saturated heterocycles. The quantitative estimate of drug-likeness (QED) is 0.179. The van der Waals surface area contributed by atoms with Gasteiger partial charge in [0.15, 0.2) is 0 Å². The monoisotopic (exact) mass is 658 g/mol. The van der Waals surface area contributed by atoms with Crippen molar-refractivity contribution in [3.05, 3.63) is 182 Å². The first-order chi connectivity index (χ1) is 25.8. The summed E-state index contributed by atoms with van der Waals surface area (Å²) >= 11 is 0. The van der Waals surface area contributed by atoms with Crippen molar-refractivity contribution in [3.63, 3.8) is 0 Å². The molecule has 0 aliphatic heterocycles. The summed E-state index contributed by atoms with van der Waals surface area (Å²) in [5.74, 6) is 0. The third kappa shape index (κ3) is 3.78. The zero-order valence-electron chi connectivity index (χ0n) is 28.2. The van der Waals surface area contributed by atoms with Gasteiger partial charge >= 0.3 is 0 Å². The minimum atomic E-state index is 1.17. The normalized spacial score (nSPS) is 12.2. The molecular formula is C50H30N2. The Labute approximate surface area is 300 Å². The Morgan fingerprint density at radius 1 is 0.269 bits per heavy atom. The summed E-state index contributed by atoms with van der Waals surface area (Å²) in [6.45, 7) is 0. The highest BCUT2D eigenvalue weighted by atomic mass is 15.0. The smallest absolute Gasteiger partial charge is 0.0542 e. The van der Waals surface area contributed by atoms with E-state index < -0.39 is 0 Å². The molecule has 0 saturated carbocycles. The number of hydrogen-bond acceptors (Lipinski definition) is 0. The molecule has 2 nitrogen and oxygen atoms in total. The standard InChI is InChI=1S/C50H30N2/c1-2-12-39-38(11-1)43-16-9-10-34-27-35(29-45(39)50(34)43)32-20-21-33-28-36(23-22-31(33)26-32)51-48-19-8-5-15-42(48)44-30-37(24-25-49(44)51)52-46-17-6-3-13-40(46)41-14-4-7-18-47(41)52/h1-30H. The number of nitrogens with zero attached hydrogens (tertiary/aromatic N) is 2. The summed E-state index contributed by atoms with van der Waals surface area (Å²) in [4.78, 5) is 0. The molecular weight excluding hydrogens is 629 g/mol. The van der Waals surface area contributed by atoms with Crippen LogP contribution in [0, 0.1) is 0 Å². The van der Waals surface area contributed by atoms with Crippen LogP contribution in [0.25, 0.3) is 110 Å². The highest BCUT2D eigenvalue weighted by Crippen LogP contribution is 2.48. The molecule has 0 bridgehead atoms. The van der Waals surface area contributed by atoms with E-state index in [0.29, 0.717) is 0 Å². The predicted molar refractivity (Wildman–Crippen MR) is 220 cm³/mol. The second kappa shape index (κ2) is 10.3. The molecule has 0 spiro atoms. The van der Waals surface area contributed by atoms with Crippen molar-refractivity contribution in [1.82, 2.24) is 9.13 Å². The van der Waals surface area contributed by atoms with Crippen molar-refractivity contribution < 1.29 is 0 Å². The highest BCUT2D eigenvalue weighted by Gasteiger charge is 2.22. The summed E-state index contributed by atoms with van der Waals surface area (Å²) in [5.41, 5.74) is 15.0. The summed E-state index contributed by atoms with van der Waals surface area (Å²) < 4.78 is 4.83. The van der Waals surface area contributed by atoms with Crippen LogP contribution < -0.4 is 0 Å². The molecule has 0 unspecified atom stereocenters. The summed E-state index contributed by atoms with van der Waals surface area (Å²) in [7, 11) is 0. The first-order valence-electron chi connectivity index (χ1n) is 18.0. The number of aromatic nitrogens is 2. The maximum Gasteiger partial charge on any atom is 0.0542 e. The molecule has 0 N–H and O–H groups in total. The van der Waals surface area contributed by atoms with Gasteiger partial charge in [-0.25, -0.2) is 0 Å². The van der Waals surface area contributed by atoms with E-state index in [0.717, 1.165) is 0 Å². The van der Waals surface area contributed by atoms with Crippen LogP contribution in [0.15, 0.2) is 182 Å². The Hall–Kier alpha value is -6.90. The number of benzene rings is 9. The topological polar surface area (TPSA) is 9.86 Å². The fourth-order valence-electron chi connectivity index (χ4n) is 9.11. The number of para-hydroxylation sites is 3. The van der Waals surface area contributed by atoms with E-state index in [1.54, 1.807) is 0 Å². The van der Waals surface area contributed by atoms with Gasteiger partial charge in [-0.3, -0.25) is 0 Å². The SMILES string of the molecule is c1ccc2c(c1)-c1cccc3cc(-c4ccc5cc(-n6c7ccccc7c7cc(-n8c9ccccc9c9ccccc98)ccc76)ccc5c4)cc-2c13. The Bertz CT molecular complexity index is 3250. The fraction of sp³-hybridized carbons (Fsp3) is 0. The molecule has 52 heavy (non-hydrogen) atoms. The summed E-state index contributed by atoms with van der Waals surface area (Å²) in [5, 5.41) is 10.2. The van der Waals surface area contributed by atoms with Crippen LogP contribution >= 0.6 is 0 Å². The largest absolute Gasteiger partial charge is 0.309 e. The number of rotatable bonds is 3. The number of fused-ring (bicyclic) bond motifs is 10. The third-order valence-electron chi connectivity index (χ3n) is 11.4. The van der Waals surface area contributed by atoms with E-state index in [2.05, 4.69) is 191 Å². The Morgan fingerprint density at radius 3 is 1.52 bits per heavy atom. The van der Waals surface area contributed by atoms with Crippen LogP contribution in [0.3, 0.4) is 0 Å². The van der Waals surface area contributed by atoms with Gasteiger partial charge in [0.25, 0.3) is 0 Å². The van der Waals surface area contributed by atoms with Crippen molar-refractivity contribution in [3.8, 4) is 44.8 Å². The average Bonchev–Trinajstić information content (AvgIpc) is 3.84. The molecule has 0 radical (unpaired) electrons. The van der Waals surface area contributed by atoms with Crippen LogP contribution in [-0.2, 0) is 0 Å². The highest BCUT2D eigenvalue weighted by molar-refractivity contribution is 6.17. The first-order valence-corrected chi connectivity index (χ1v) is 18.0. The molecule has 0 atom stereocenters. The lowest BCUT2D eigenvalue weighted by Gasteiger charge is -2.12. The fourth-order valence-corrected chi connectivity index (χ4v) is 9.11. The molecule has 12 rings (SSSR count). The predicted octanol–water partition coefficient (Wildman–Crippen LogP) is 13.5. The second-order valence-corrected chi connectivity index (χ2v) is 14.1. The molecule has 1 aliphatic carbocycles. The third-order valence-corrected chi connectivity index (χ3v) is 11.4. The van der Waals surface area contributed by atoms with Crippen LogP contribution in [-0.4, -0.2) is 9.13 Å². The van der Waals surface area contributed by atoms with Gasteiger partial charge < -0.3 is 9.13 Å². The zero-order chi connectivity index (χ0) is 33.9. The van der Waals surface area contributed by atoms with Gasteiger partial charge in [-0.2, -0.15) is 0 Å². The molecule has 11 aromatic rings. The lowest BCUT2D eigenvalue weighted by Crippen LogP contribution is -1.96. The van der Waals surface area contributed by atoms with E-state index in [4.69, 9.17) is 0 Å². The molecule has 9 aromatic carbocycles. The maximum absolute atomic E-state index is 2.42. The van der Waals surface area contributed by atoms with Crippen molar-refractivity contribution >= 4 is 65.2 Å². The summed E-state index contributed by atoms with van der Waals surface area (Å²) in [6, 6.07) is 67.3. The van der Waals surface area contributed by atoms with Gasteiger partial charge in [0, 0.05) is 32.9 Å². The molecule has 2 heterocycles. The van der Waals surface area contributed by atoms with Gasteiger partial charge in [0.2, 0.25) is 0 Å². The van der Waals surface area contributed by atoms with Crippen molar-refractivity contribution in [2.75, 3.05) is 0 Å². The molecule has 0 amide bonds. The van der Waals surface area contributed by atoms with Gasteiger partial charge in [-0.15, -0.1) is 0 Å². The van der Waals surface area contributed by atoms with Gasteiger partial charge in [-0.1, -0.05) is 115 Å². The molecule has 240 valence electrons. The minimum absolute atomic E-state index is 1.17. The van der Waals surface area contributed by atoms with Crippen LogP contribution in [0.2, 0.25) is 0 Å². The van der Waals surface area contributed by atoms with E-state index >= 15 is 0 Å². The summed E-state index contributed by atoms with van der Waals surface area (Å²) in [6.07, 6.45) is 0. The molecule has 1 aliphatic rings. The van der Waals surface area contributed by atoms with E-state index in [-0.39, 0.29) is 0 Å². The van der Waals surface area contributed by atoms with Crippen molar-refractivity contribution in [1.29, 1.82) is 0 Å². The average molecular weight is 659 g/mol. The lowest BCUT2D eigenvalue weighted by molar-refractivity contribution is 1.17. The van der Waals surface area contributed by atoms with Crippen LogP contribution in [0.1, 0.15) is 0 Å². The number of hydrogen-bond donors (Lipinski definition) is 0. The minimum Gasteiger partial charge on any atom is -0.309 e. The van der Waals surface area contributed by atoms with Crippen LogP contribution in [0.5, 0.6) is 0 Å². The molecule has 0 fully saturated rings. The maximum atomic E-state index is 2.42. The first kappa shape index (κ1) is 27.9. The molecule has 2 aromatic heterocycles. The van der Waals surface area contributed by atoms with E-state index in [1.165, 1.54) is 110 Å². The Balaban J connectivity index is 0.997. The molecule has 2 heteroatoms. The van der Waals surface area contributed by atoms with Gasteiger partial charge in [0.05, 0.1) is 22.1 Å². The Morgan fingerprint density at radius 2 is 0.788 bits per heavy atom.